The average Bonchev–Trinajstić information content (AvgIpc) is 2.15. The summed E-state index contributed by atoms with van der Waals surface area (Å²) in [5, 5.41) is 8.71. The number of hydrogen-bond donors (Lipinski definition) is 0. The summed E-state index contributed by atoms with van der Waals surface area (Å²) in [6.07, 6.45) is 0. The van der Waals surface area contributed by atoms with Gasteiger partial charge in [0.1, 0.15) is 0 Å². The topological polar surface area (TPSA) is 25.8 Å². The third kappa shape index (κ3) is 2.42. The Morgan fingerprint density at radius 1 is 0.688 bits per heavy atom. The summed E-state index contributed by atoms with van der Waals surface area (Å²) in [4.78, 5) is 0. The van der Waals surface area contributed by atoms with E-state index in [9.17, 15) is 0 Å². The normalized spacial score (nSPS) is 11.9. The third-order valence-corrected chi connectivity index (χ3v) is 2.97. The van der Waals surface area contributed by atoms with E-state index >= 15 is 0 Å². The molecule has 0 amide bonds. The molecule has 2 nitrogen and oxygen atoms in total. The van der Waals surface area contributed by atoms with Gasteiger partial charge in [-0.25, -0.2) is 0 Å². The van der Waals surface area contributed by atoms with E-state index < -0.39 is 0 Å². The lowest BCUT2D eigenvalue weighted by molar-refractivity contribution is 0.685. The Hall–Kier alpha value is -0.920. The van der Waals surface area contributed by atoms with Crippen molar-refractivity contribution >= 4 is 0 Å². The molecular weight excluding hydrogens is 196 g/mol. The summed E-state index contributed by atoms with van der Waals surface area (Å²) in [5.74, 6) is 1.48. The van der Waals surface area contributed by atoms with Crippen molar-refractivity contribution in [2.24, 2.45) is 0 Å². The molecule has 1 aromatic heterocycles. The lowest BCUT2D eigenvalue weighted by atomic mass is 9.86. The largest absolute Gasteiger partial charge is 0.155 e. The standard InChI is InChI=1S/C14H24N2/c1-8(2)12-11(7)15-16-14(10(5)6)13(12)9(3)4/h8-10H,1-7H3. The second kappa shape index (κ2) is 4.94. The minimum Gasteiger partial charge on any atom is -0.155 e. The minimum atomic E-state index is 0.447. The molecule has 0 fully saturated rings. The van der Waals surface area contributed by atoms with Crippen LogP contribution in [0.4, 0.5) is 0 Å². The first-order chi connectivity index (χ1) is 7.36. The second-order valence-corrected chi connectivity index (χ2v) is 5.46. The Balaban J connectivity index is 3.50. The van der Waals surface area contributed by atoms with Gasteiger partial charge in [-0.1, -0.05) is 41.5 Å². The van der Waals surface area contributed by atoms with Gasteiger partial charge in [-0.2, -0.15) is 10.2 Å². The molecule has 0 unspecified atom stereocenters. The van der Waals surface area contributed by atoms with Crippen molar-refractivity contribution in [2.75, 3.05) is 0 Å². The van der Waals surface area contributed by atoms with Gasteiger partial charge in [0, 0.05) is 0 Å². The average molecular weight is 220 g/mol. The minimum absolute atomic E-state index is 0.447. The predicted molar refractivity (Wildman–Crippen MR) is 69.0 cm³/mol. The number of hydrogen-bond acceptors (Lipinski definition) is 2. The molecule has 90 valence electrons. The highest BCUT2D eigenvalue weighted by atomic mass is 15.1. The van der Waals surface area contributed by atoms with E-state index in [2.05, 4.69) is 58.7 Å². The molecule has 0 saturated carbocycles. The zero-order valence-electron chi connectivity index (χ0n) is 11.6. The van der Waals surface area contributed by atoms with Crippen LogP contribution >= 0.6 is 0 Å². The first-order valence-corrected chi connectivity index (χ1v) is 6.23. The number of aromatic nitrogens is 2. The maximum Gasteiger partial charge on any atom is 0.0694 e. The molecule has 0 bridgehead atoms. The molecule has 1 rings (SSSR count). The van der Waals surface area contributed by atoms with Crippen LogP contribution < -0.4 is 0 Å². The molecule has 16 heavy (non-hydrogen) atoms. The van der Waals surface area contributed by atoms with E-state index in [1.807, 2.05) is 0 Å². The zero-order chi connectivity index (χ0) is 12.5. The fraction of sp³-hybridized carbons (Fsp3) is 0.714. The predicted octanol–water partition coefficient (Wildman–Crippen LogP) is 4.16. The summed E-state index contributed by atoms with van der Waals surface area (Å²) in [7, 11) is 0. The number of nitrogens with zero attached hydrogens (tertiary/aromatic N) is 2. The molecule has 0 aromatic carbocycles. The highest BCUT2D eigenvalue weighted by Gasteiger charge is 2.20. The van der Waals surface area contributed by atoms with Gasteiger partial charge in [-0.05, 0) is 35.8 Å². The molecule has 0 atom stereocenters. The molecule has 0 aliphatic carbocycles. The summed E-state index contributed by atoms with van der Waals surface area (Å²) in [6, 6.07) is 0. The van der Waals surface area contributed by atoms with Crippen molar-refractivity contribution < 1.29 is 0 Å². The van der Waals surface area contributed by atoms with Crippen LogP contribution in [0.1, 0.15) is 81.8 Å². The van der Waals surface area contributed by atoms with E-state index in [1.54, 1.807) is 0 Å². The Morgan fingerprint density at radius 3 is 1.56 bits per heavy atom. The Kier molecular flexibility index (Phi) is 4.06. The lowest BCUT2D eigenvalue weighted by Crippen LogP contribution is -2.12. The molecule has 1 aromatic rings. The molecule has 0 N–H and O–H groups in total. The third-order valence-electron chi connectivity index (χ3n) is 2.97. The van der Waals surface area contributed by atoms with Crippen LogP contribution in [0.25, 0.3) is 0 Å². The Bertz CT molecular complexity index is 365. The van der Waals surface area contributed by atoms with Gasteiger partial charge in [0.05, 0.1) is 11.4 Å². The summed E-state index contributed by atoms with van der Waals surface area (Å²) in [5.41, 5.74) is 5.07. The number of aryl methyl sites for hydroxylation is 1. The van der Waals surface area contributed by atoms with Crippen LogP contribution in [0, 0.1) is 6.92 Å². The van der Waals surface area contributed by atoms with Crippen LogP contribution in [0.3, 0.4) is 0 Å². The fourth-order valence-electron chi connectivity index (χ4n) is 2.33. The van der Waals surface area contributed by atoms with Crippen molar-refractivity contribution in [3.8, 4) is 0 Å². The van der Waals surface area contributed by atoms with Crippen LogP contribution in [0.5, 0.6) is 0 Å². The molecular formula is C14H24N2. The Morgan fingerprint density at radius 2 is 1.19 bits per heavy atom. The van der Waals surface area contributed by atoms with Crippen molar-refractivity contribution in [1.82, 2.24) is 10.2 Å². The van der Waals surface area contributed by atoms with Crippen molar-refractivity contribution in [2.45, 2.75) is 66.2 Å². The fourth-order valence-corrected chi connectivity index (χ4v) is 2.33. The van der Waals surface area contributed by atoms with E-state index in [0.29, 0.717) is 17.8 Å². The molecule has 2 heteroatoms. The van der Waals surface area contributed by atoms with Gasteiger partial charge in [-0.3, -0.25) is 0 Å². The quantitative estimate of drug-likeness (QED) is 0.764. The lowest BCUT2D eigenvalue weighted by Gasteiger charge is -2.22. The monoisotopic (exact) mass is 220 g/mol. The SMILES string of the molecule is Cc1nnc(C(C)C)c(C(C)C)c1C(C)C. The van der Waals surface area contributed by atoms with Gasteiger partial charge in [-0.15, -0.1) is 0 Å². The van der Waals surface area contributed by atoms with Crippen molar-refractivity contribution in [3.63, 3.8) is 0 Å². The van der Waals surface area contributed by atoms with Crippen molar-refractivity contribution in [1.29, 1.82) is 0 Å². The molecule has 1 heterocycles. The van der Waals surface area contributed by atoms with Crippen LogP contribution in [0.2, 0.25) is 0 Å². The molecule has 0 aliphatic heterocycles. The maximum absolute atomic E-state index is 4.39. The van der Waals surface area contributed by atoms with Crippen LogP contribution in [-0.4, -0.2) is 10.2 Å². The summed E-state index contributed by atoms with van der Waals surface area (Å²) in [6.45, 7) is 15.4. The first kappa shape index (κ1) is 13.1. The maximum atomic E-state index is 4.39. The van der Waals surface area contributed by atoms with Gasteiger partial charge in [0.25, 0.3) is 0 Å². The Labute approximate surface area is 99.5 Å². The highest BCUT2D eigenvalue weighted by Crippen LogP contribution is 2.32. The van der Waals surface area contributed by atoms with Gasteiger partial charge in [0.2, 0.25) is 0 Å². The zero-order valence-corrected chi connectivity index (χ0v) is 11.6. The first-order valence-electron chi connectivity index (χ1n) is 6.23. The molecule has 0 saturated heterocycles. The van der Waals surface area contributed by atoms with Gasteiger partial charge in [0.15, 0.2) is 0 Å². The van der Waals surface area contributed by atoms with Crippen LogP contribution in [0.15, 0.2) is 0 Å². The highest BCUT2D eigenvalue weighted by molar-refractivity contribution is 5.38. The summed E-state index contributed by atoms with van der Waals surface area (Å²) >= 11 is 0. The van der Waals surface area contributed by atoms with Crippen molar-refractivity contribution in [3.05, 3.63) is 22.5 Å². The van der Waals surface area contributed by atoms with E-state index in [4.69, 9.17) is 0 Å². The molecule has 0 spiro atoms. The van der Waals surface area contributed by atoms with Gasteiger partial charge >= 0.3 is 0 Å². The molecule has 0 radical (unpaired) electrons. The van der Waals surface area contributed by atoms with Crippen LogP contribution in [-0.2, 0) is 0 Å². The van der Waals surface area contributed by atoms with E-state index in [-0.39, 0.29) is 0 Å². The smallest absolute Gasteiger partial charge is 0.0694 e. The van der Waals surface area contributed by atoms with Gasteiger partial charge < -0.3 is 0 Å². The summed E-state index contributed by atoms with van der Waals surface area (Å²) < 4.78 is 0. The van der Waals surface area contributed by atoms with E-state index in [1.165, 1.54) is 16.8 Å². The number of rotatable bonds is 3. The second-order valence-electron chi connectivity index (χ2n) is 5.46. The van der Waals surface area contributed by atoms with E-state index in [0.717, 1.165) is 5.69 Å². The molecule has 0 aliphatic rings.